The van der Waals surface area contributed by atoms with Crippen LogP contribution in [0, 0.1) is 5.92 Å². The minimum Gasteiger partial charge on any atom is -0.393 e. The fourth-order valence-electron chi connectivity index (χ4n) is 4.38. The van der Waals surface area contributed by atoms with Gasteiger partial charge in [-0.25, -0.2) is 0 Å². The highest BCUT2D eigenvalue weighted by Crippen LogP contribution is 2.47. The van der Waals surface area contributed by atoms with Crippen LogP contribution in [0.5, 0.6) is 0 Å². The van der Waals surface area contributed by atoms with Crippen molar-refractivity contribution in [3.63, 3.8) is 0 Å². The fraction of sp³-hybridized carbons (Fsp3) is 0.647. The van der Waals surface area contributed by atoms with Crippen molar-refractivity contribution in [3.8, 4) is 0 Å². The van der Waals surface area contributed by atoms with E-state index < -0.39 is 0 Å². The molecule has 0 spiro atoms. The summed E-state index contributed by atoms with van der Waals surface area (Å²) in [5, 5.41) is 9.86. The van der Waals surface area contributed by atoms with Crippen LogP contribution >= 0.6 is 0 Å². The molecule has 2 heterocycles. The molecule has 3 rings (SSSR count). The van der Waals surface area contributed by atoms with Gasteiger partial charge < -0.3 is 10.0 Å². The third kappa shape index (κ3) is 2.44. The molecule has 2 saturated heterocycles. The molecule has 2 fully saturated rings. The molecule has 2 heteroatoms. The van der Waals surface area contributed by atoms with Crippen LogP contribution in [0.3, 0.4) is 0 Å². The lowest BCUT2D eigenvalue weighted by atomic mass is 9.74. The van der Waals surface area contributed by atoms with E-state index in [-0.39, 0.29) is 6.10 Å². The Morgan fingerprint density at radius 1 is 1.26 bits per heavy atom. The first-order chi connectivity index (χ1) is 9.16. The number of benzene rings is 1. The molecule has 1 aromatic carbocycles. The van der Waals surface area contributed by atoms with Crippen molar-refractivity contribution in [2.75, 3.05) is 7.05 Å². The molecule has 0 aromatic heterocycles. The molecule has 1 aromatic rings. The molecule has 104 valence electrons. The maximum atomic E-state index is 9.86. The van der Waals surface area contributed by atoms with Crippen LogP contribution in [0.4, 0.5) is 0 Å². The summed E-state index contributed by atoms with van der Waals surface area (Å²) in [6.45, 7) is 1.93. The predicted molar refractivity (Wildman–Crippen MR) is 78.2 cm³/mol. The SMILES string of the molecule is C[C@H](O)C[C@H]1[C@@H](c2ccccc2)C[C@@H]2CC[C@H]1N2C. The van der Waals surface area contributed by atoms with Crippen molar-refractivity contribution >= 4 is 0 Å². The number of nitrogens with zero attached hydrogens (tertiary/aromatic N) is 1. The van der Waals surface area contributed by atoms with Gasteiger partial charge in [0, 0.05) is 12.1 Å². The monoisotopic (exact) mass is 259 g/mol. The van der Waals surface area contributed by atoms with Gasteiger partial charge in [0.25, 0.3) is 0 Å². The standard InChI is InChI=1S/C17H25NO/c1-12(19)10-16-15(13-6-4-3-5-7-13)11-14-8-9-17(16)18(14)2/h3-7,12,14-17,19H,8-11H2,1-2H3/t12-,14-,15+,16-,17+/m0/s1. The zero-order valence-corrected chi connectivity index (χ0v) is 12.0. The predicted octanol–water partition coefficient (Wildman–Crippen LogP) is 3.02. The first-order valence-electron chi connectivity index (χ1n) is 7.61. The lowest BCUT2D eigenvalue weighted by Crippen LogP contribution is -2.46. The molecule has 2 nitrogen and oxygen atoms in total. The van der Waals surface area contributed by atoms with Gasteiger partial charge in [-0.05, 0) is 57.1 Å². The Kier molecular flexibility index (Phi) is 3.64. The number of hydrogen-bond donors (Lipinski definition) is 1. The van der Waals surface area contributed by atoms with Crippen LogP contribution in [0.1, 0.15) is 44.1 Å². The van der Waals surface area contributed by atoms with E-state index >= 15 is 0 Å². The zero-order chi connectivity index (χ0) is 13.4. The van der Waals surface area contributed by atoms with E-state index in [1.165, 1.54) is 24.8 Å². The highest BCUT2D eigenvalue weighted by molar-refractivity contribution is 5.23. The van der Waals surface area contributed by atoms with Gasteiger partial charge in [0.1, 0.15) is 0 Å². The molecular formula is C17H25NO. The Bertz CT molecular complexity index is 417. The van der Waals surface area contributed by atoms with Crippen molar-refractivity contribution in [3.05, 3.63) is 35.9 Å². The molecule has 5 atom stereocenters. The lowest BCUT2D eigenvalue weighted by molar-refractivity contribution is 0.0601. The second-order valence-corrected chi connectivity index (χ2v) is 6.47. The van der Waals surface area contributed by atoms with Crippen molar-refractivity contribution in [2.24, 2.45) is 5.92 Å². The van der Waals surface area contributed by atoms with Gasteiger partial charge in [0.05, 0.1) is 6.10 Å². The Labute approximate surface area is 116 Å². The normalized spacial score (nSPS) is 36.4. The van der Waals surface area contributed by atoms with Gasteiger partial charge in [-0.15, -0.1) is 0 Å². The first kappa shape index (κ1) is 13.1. The smallest absolute Gasteiger partial charge is 0.0515 e. The number of rotatable bonds is 3. The first-order valence-corrected chi connectivity index (χ1v) is 7.61. The van der Waals surface area contributed by atoms with Crippen molar-refractivity contribution < 1.29 is 5.11 Å². The Balaban J connectivity index is 1.89. The van der Waals surface area contributed by atoms with Gasteiger partial charge in [0.15, 0.2) is 0 Å². The topological polar surface area (TPSA) is 23.5 Å². The number of hydrogen-bond acceptors (Lipinski definition) is 2. The van der Waals surface area contributed by atoms with Crippen LogP contribution < -0.4 is 0 Å². The van der Waals surface area contributed by atoms with Crippen LogP contribution in [0.15, 0.2) is 30.3 Å². The summed E-state index contributed by atoms with van der Waals surface area (Å²) in [7, 11) is 2.28. The van der Waals surface area contributed by atoms with Crippen LogP contribution in [-0.4, -0.2) is 35.2 Å². The third-order valence-corrected chi connectivity index (χ3v) is 5.27. The van der Waals surface area contributed by atoms with Crippen LogP contribution in [-0.2, 0) is 0 Å². The molecule has 2 aliphatic rings. The molecule has 0 aliphatic carbocycles. The summed E-state index contributed by atoms with van der Waals surface area (Å²) in [5.74, 6) is 1.23. The molecule has 0 unspecified atom stereocenters. The summed E-state index contributed by atoms with van der Waals surface area (Å²) in [5.41, 5.74) is 1.47. The zero-order valence-electron chi connectivity index (χ0n) is 12.0. The summed E-state index contributed by atoms with van der Waals surface area (Å²) < 4.78 is 0. The van der Waals surface area contributed by atoms with Gasteiger partial charge in [0.2, 0.25) is 0 Å². The van der Waals surface area contributed by atoms with E-state index in [1.807, 2.05) is 6.92 Å². The van der Waals surface area contributed by atoms with E-state index in [1.54, 1.807) is 0 Å². The highest BCUT2D eigenvalue weighted by Gasteiger charge is 2.45. The summed E-state index contributed by atoms with van der Waals surface area (Å²) in [6.07, 6.45) is 4.64. The molecule has 0 amide bonds. The Morgan fingerprint density at radius 3 is 2.68 bits per heavy atom. The third-order valence-electron chi connectivity index (χ3n) is 5.27. The van der Waals surface area contributed by atoms with E-state index in [0.717, 1.165) is 12.5 Å². The van der Waals surface area contributed by atoms with E-state index in [2.05, 4.69) is 42.3 Å². The van der Waals surface area contributed by atoms with Gasteiger partial charge in [-0.3, -0.25) is 0 Å². The average molecular weight is 259 g/mol. The Morgan fingerprint density at radius 2 is 2.00 bits per heavy atom. The summed E-state index contributed by atoms with van der Waals surface area (Å²) >= 11 is 0. The minimum atomic E-state index is -0.193. The molecule has 1 N–H and O–H groups in total. The van der Waals surface area contributed by atoms with Gasteiger partial charge in [-0.1, -0.05) is 30.3 Å². The summed E-state index contributed by atoms with van der Waals surface area (Å²) in [4.78, 5) is 2.58. The quantitative estimate of drug-likeness (QED) is 0.902. The van der Waals surface area contributed by atoms with Crippen molar-refractivity contribution in [2.45, 2.75) is 56.7 Å². The van der Waals surface area contributed by atoms with E-state index in [4.69, 9.17) is 0 Å². The molecule has 2 aliphatic heterocycles. The lowest BCUT2D eigenvalue weighted by Gasteiger charge is -2.44. The van der Waals surface area contributed by atoms with E-state index in [0.29, 0.717) is 17.9 Å². The maximum absolute atomic E-state index is 9.86. The number of aliphatic hydroxyl groups is 1. The average Bonchev–Trinajstić information content (AvgIpc) is 2.65. The maximum Gasteiger partial charge on any atom is 0.0515 e. The molecular weight excluding hydrogens is 234 g/mol. The molecule has 19 heavy (non-hydrogen) atoms. The minimum absolute atomic E-state index is 0.193. The second kappa shape index (κ2) is 5.26. The highest BCUT2D eigenvalue weighted by atomic mass is 16.3. The number of aliphatic hydroxyl groups excluding tert-OH is 1. The van der Waals surface area contributed by atoms with Gasteiger partial charge >= 0.3 is 0 Å². The van der Waals surface area contributed by atoms with Gasteiger partial charge in [-0.2, -0.15) is 0 Å². The number of piperidine rings is 1. The summed E-state index contributed by atoms with van der Waals surface area (Å²) in [6, 6.07) is 12.3. The second-order valence-electron chi connectivity index (χ2n) is 6.47. The molecule has 0 radical (unpaired) electrons. The van der Waals surface area contributed by atoms with Crippen molar-refractivity contribution in [1.29, 1.82) is 0 Å². The fourth-order valence-corrected chi connectivity index (χ4v) is 4.38. The van der Waals surface area contributed by atoms with E-state index in [9.17, 15) is 5.11 Å². The van der Waals surface area contributed by atoms with Crippen LogP contribution in [0.25, 0.3) is 0 Å². The van der Waals surface area contributed by atoms with Crippen LogP contribution in [0.2, 0.25) is 0 Å². The molecule has 2 bridgehead atoms. The molecule has 0 saturated carbocycles. The van der Waals surface area contributed by atoms with Crippen molar-refractivity contribution in [1.82, 2.24) is 4.90 Å². The Hall–Kier alpha value is -0.860. The number of fused-ring (bicyclic) bond motifs is 2. The largest absolute Gasteiger partial charge is 0.393 e.